The molecule has 34 heavy (non-hydrogen) atoms. The lowest BCUT2D eigenvalue weighted by atomic mass is 9.88. The molecule has 1 atom stereocenters. The number of fused-ring (bicyclic) bond motifs is 1. The number of rotatable bonds is 7. The Bertz CT molecular complexity index is 1320. The van der Waals surface area contributed by atoms with E-state index in [0.717, 1.165) is 30.4 Å². The Kier molecular flexibility index (Phi) is 7.29. The molecule has 7 heteroatoms. The molecule has 0 heterocycles. The van der Waals surface area contributed by atoms with Crippen LogP contribution in [0.4, 0.5) is 5.69 Å². The highest BCUT2D eigenvalue weighted by Crippen LogP contribution is 2.28. The van der Waals surface area contributed by atoms with Crippen LogP contribution in [0.2, 0.25) is 5.02 Å². The maximum Gasteiger partial charge on any atom is 0.263 e. The molecule has 1 aliphatic rings. The number of carbonyl (C=O) groups excluding carboxylic acids is 1. The Hall–Kier alpha value is -2.83. The van der Waals surface area contributed by atoms with Crippen LogP contribution in [0.15, 0.2) is 65.6 Å². The van der Waals surface area contributed by atoms with Crippen molar-refractivity contribution in [2.45, 2.75) is 56.9 Å². The summed E-state index contributed by atoms with van der Waals surface area (Å²) in [4.78, 5) is 13.0. The fraction of sp³-hybridized carbons (Fsp3) is 0.296. The van der Waals surface area contributed by atoms with Crippen LogP contribution in [0.1, 0.15) is 64.8 Å². The zero-order valence-corrected chi connectivity index (χ0v) is 21.0. The topological polar surface area (TPSA) is 75.3 Å². The third-order valence-corrected chi connectivity index (χ3v) is 8.10. The van der Waals surface area contributed by atoms with E-state index in [4.69, 9.17) is 11.6 Å². The standard InChI is InChI=1S/C27H29ClN2O3S/c1-3-25(21-12-11-19-8-4-5-9-20(19)16-21)29-27(31)22-13-14-24(28)26(17-22)34(32,33)30-23-10-6-7-18(2)15-23/h6-7,10-17,25,30H,3-5,8-9H2,1-2H3,(H,29,31)/t25-/m1/s1. The van der Waals surface area contributed by atoms with Gasteiger partial charge < -0.3 is 5.32 Å². The molecule has 0 saturated carbocycles. The molecule has 0 saturated heterocycles. The van der Waals surface area contributed by atoms with Crippen LogP contribution in [0.5, 0.6) is 0 Å². The molecule has 0 aromatic heterocycles. The molecule has 3 aromatic carbocycles. The molecule has 0 radical (unpaired) electrons. The first kappa shape index (κ1) is 24.3. The predicted octanol–water partition coefficient (Wildman–Crippen LogP) is 6.21. The molecular weight excluding hydrogens is 468 g/mol. The van der Waals surface area contributed by atoms with Crippen molar-refractivity contribution >= 4 is 33.2 Å². The van der Waals surface area contributed by atoms with Crippen molar-refractivity contribution in [3.63, 3.8) is 0 Å². The highest BCUT2D eigenvalue weighted by atomic mass is 35.5. The van der Waals surface area contributed by atoms with Gasteiger partial charge in [0.25, 0.3) is 15.9 Å². The number of halogens is 1. The van der Waals surface area contributed by atoms with Gasteiger partial charge in [-0.05, 0) is 91.6 Å². The largest absolute Gasteiger partial charge is 0.345 e. The van der Waals surface area contributed by atoms with E-state index in [1.54, 1.807) is 24.3 Å². The second kappa shape index (κ2) is 10.2. The molecule has 0 bridgehead atoms. The quantitative estimate of drug-likeness (QED) is 0.408. The van der Waals surface area contributed by atoms with E-state index in [9.17, 15) is 13.2 Å². The van der Waals surface area contributed by atoms with E-state index in [0.29, 0.717) is 5.69 Å². The maximum absolute atomic E-state index is 13.1. The average molecular weight is 497 g/mol. The summed E-state index contributed by atoms with van der Waals surface area (Å²) in [5, 5.41) is 3.12. The summed E-state index contributed by atoms with van der Waals surface area (Å²) >= 11 is 6.23. The third-order valence-electron chi connectivity index (χ3n) is 6.24. The average Bonchev–Trinajstić information content (AvgIpc) is 2.82. The Morgan fingerprint density at radius 2 is 1.76 bits per heavy atom. The monoisotopic (exact) mass is 496 g/mol. The van der Waals surface area contributed by atoms with Crippen LogP contribution in [0.3, 0.4) is 0 Å². The van der Waals surface area contributed by atoms with Crippen LogP contribution in [0, 0.1) is 6.92 Å². The molecule has 0 fully saturated rings. The van der Waals surface area contributed by atoms with E-state index in [2.05, 4.69) is 28.2 Å². The minimum atomic E-state index is -3.98. The van der Waals surface area contributed by atoms with E-state index >= 15 is 0 Å². The normalized spacial score (nSPS) is 14.2. The minimum absolute atomic E-state index is 0.0541. The van der Waals surface area contributed by atoms with Crippen molar-refractivity contribution in [2.75, 3.05) is 4.72 Å². The van der Waals surface area contributed by atoms with Gasteiger partial charge in [-0.3, -0.25) is 9.52 Å². The summed E-state index contributed by atoms with van der Waals surface area (Å²) < 4.78 is 28.6. The van der Waals surface area contributed by atoms with Crippen molar-refractivity contribution in [1.29, 1.82) is 0 Å². The van der Waals surface area contributed by atoms with Gasteiger partial charge in [0.2, 0.25) is 0 Å². The summed E-state index contributed by atoms with van der Waals surface area (Å²) in [5.74, 6) is -0.340. The summed E-state index contributed by atoms with van der Waals surface area (Å²) in [6.45, 7) is 3.90. The fourth-order valence-electron chi connectivity index (χ4n) is 4.40. The second-order valence-corrected chi connectivity index (χ2v) is 10.8. The highest BCUT2D eigenvalue weighted by molar-refractivity contribution is 7.92. The van der Waals surface area contributed by atoms with E-state index in [-0.39, 0.29) is 27.4 Å². The second-order valence-electron chi connectivity index (χ2n) is 8.79. The van der Waals surface area contributed by atoms with Crippen LogP contribution >= 0.6 is 11.6 Å². The Morgan fingerprint density at radius 3 is 2.50 bits per heavy atom. The summed E-state index contributed by atoms with van der Waals surface area (Å²) in [7, 11) is -3.98. The molecule has 0 spiro atoms. The molecule has 5 nitrogen and oxygen atoms in total. The van der Waals surface area contributed by atoms with Gasteiger partial charge in [-0.1, -0.05) is 48.9 Å². The van der Waals surface area contributed by atoms with Crippen molar-refractivity contribution in [3.8, 4) is 0 Å². The number of anilines is 1. The molecule has 1 amide bonds. The Morgan fingerprint density at radius 1 is 1.00 bits per heavy atom. The van der Waals surface area contributed by atoms with Crippen molar-refractivity contribution in [3.05, 3.63) is 93.5 Å². The van der Waals surface area contributed by atoms with Gasteiger partial charge >= 0.3 is 0 Å². The Labute approximate surface area is 206 Å². The smallest absolute Gasteiger partial charge is 0.263 e. The molecular formula is C27H29ClN2O3S. The highest BCUT2D eigenvalue weighted by Gasteiger charge is 2.22. The van der Waals surface area contributed by atoms with E-state index in [1.807, 2.05) is 19.9 Å². The molecule has 1 aliphatic carbocycles. The maximum atomic E-state index is 13.1. The van der Waals surface area contributed by atoms with Gasteiger partial charge in [0.15, 0.2) is 0 Å². The van der Waals surface area contributed by atoms with Crippen LogP contribution in [0.25, 0.3) is 0 Å². The number of benzene rings is 3. The van der Waals surface area contributed by atoms with Gasteiger partial charge in [-0.2, -0.15) is 0 Å². The summed E-state index contributed by atoms with van der Waals surface area (Å²) in [6.07, 6.45) is 5.31. The molecule has 0 aliphatic heterocycles. The molecule has 2 N–H and O–H groups in total. The predicted molar refractivity (Wildman–Crippen MR) is 137 cm³/mol. The van der Waals surface area contributed by atoms with E-state index in [1.165, 1.54) is 36.1 Å². The van der Waals surface area contributed by atoms with E-state index < -0.39 is 10.0 Å². The third kappa shape index (κ3) is 5.45. The zero-order valence-electron chi connectivity index (χ0n) is 19.4. The van der Waals surface area contributed by atoms with Gasteiger partial charge in [-0.15, -0.1) is 0 Å². The first-order chi connectivity index (χ1) is 16.3. The number of nitrogens with one attached hydrogen (secondary N) is 2. The number of amides is 1. The van der Waals surface area contributed by atoms with Crippen molar-refractivity contribution < 1.29 is 13.2 Å². The lowest BCUT2D eigenvalue weighted by molar-refractivity contribution is 0.0935. The first-order valence-electron chi connectivity index (χ1n) is 11.6. The Balaban J connectivity index is 1.56. The van der Waals surface area contributed by atoms with Gasteiger partial charge in [0.1, 0.15) is 4.90 Å². The molecule has 4 rings (SSSR count). The molecule has 3 aromatic rings. The van der Waals surface area contributed by atoms with Crippen molar-refractivity contribution in [1.82, 2.24) is 5.32 Å². The zero-order chi connectivity index (χ0) is 24.3. The van der Waals surface area contributed by atoms with Gasteiger partial charge in [0, 0.05) is 11.3 Å². The molecule has 178 valence electrons. The number of hydrogen-bond acceptors (Lipinski definition) is 3. The van der Waals surface area contributed by atoms with Crippen molar-refractivity contribution in [2.24, 2.45) is 0 Å². The SMILES string of the molecule is CC[C@@H](NC(=O)c1ccc(Cl)c(S(=O)(=O)Nc2cccc(C)c2)c1)c1ccc2c(c1)CCCC2. The molecule has 0 unspecified atom stereocenters. The summed E-state index contributed by atoms with van der Waals surface area (Å²) in [6, 6.07) is 17.6. The van der Waals surface area contributed by atoms with Crippen LogP contribution in [-0.4, -0.2) is 14.3 Å². The van der Waals surface area contributed by atoms with Crippen LogP contribution < -0.4 is 10.0 Å². The number of sulfonamides is 1. The first-order valence-corrected chi connectivity index (χ1v) is 13.4. The minimum Gasteiger partial charge on any atom is -0.345 e. The van der Waals surface area contributed by atoms with Crippen LogP contribution in [-0.2, 0) is 22.9 Å². The number of carbonyl (C=O) groups is 1. The fourth-order valence-corrected chi connectivity index (χ4v) is 5.98. The lowest BCUT2D eigenvalue weighted by Crippen LogP contribution is -2.28. The number of hydrogen-bond donors (Lipinski definition) is 2. The number of aryl methyl sites for hydroxylation is 3. The van der Waals surface area contributed by atoms with Gasteiger partial charge in [-0.25, -0.2) is 8.42 Å². The lowest BCUT2D eigenvalue weighted by Gasteiger charge is -2.22. The summed E-state index contributed by atoms with van der Waals surface area (Å²) in [5.41, 5.74) is 5.42. The van der Waals surface area contributed by atoms with Gasteiger partial charge in [0.05, 0.1) is 11.1 Å².